The lowest BCUT2D eigenvalue weighted by atomic mass is 9.83. The fraction of sp³-hybridized carbons (Fsp3) is 0.156. The molecule has 188 valence electrons. The number of aromatic amines is 2. The summed E-state index contributed by atoms with van der Waals surface area (Å²) in [6.07, 6.45) is 15.3. The second-order valence-electron chi connectivity index (χ2n) is 9.70. The van der Waals surface area contributed by atoms with Gasteiger partial charge >= 0.3 is 0 Å². The first-order valence-corrected chi connectivity index (χ1v) is 13.0. The number of fused-ring (bicyclic) bond motifs is 2. The molecule has 0 atom stereocenters. The van der Waals surface area contributed by atoms with Gasteiger partial charge in [0.25, 0.3) is 0 Å². The second-order valence-corrected chi connectivity index (χ2v) is 9.70. The third-order valence-electron chi connectivity index (χ3n) is 7.38. The van der Waals surface area contributed by atoms with Crippen LogP contribution in [0.5, 0.6) is 0 Å². The average Bonchev–Trinajstić information content (AvgIpc) is 3.54. The molecule has 4 heterocycles. The largest absolute Gasteiger partial charge is 0.359 e. The number of benzene rings is 1. The van der Waals surface area contributed by atoms with Crippen molar-refractivity contribution in [1.29, 1.82) is 0 Å². The summed E-state index contributed by atoms with van der Waals surface area (Å²) in [6, 6.07) is 14.4. The van der Waals surface area contributed by atoms with Gasteiger partial charge < -0.3 is 10.3 Å². The number of allylic oxidation sites excluding steroid dienone is 5. The van der Waals surface area contributed by atoms with E-state index in [1.165, 1.54) is 19.3 Å². The number of rotatable bonds is 8. The van der Waals surface area contributed by atoms with Crippen molar-refractivity contribution in [2.75, 3.05) is 0 Å². The number of nitrogens with one attached hydrogen (secondary N) is 3. The molecule has 0 unspecified atom stereocenters. The highest BCUT2D eigenvalue weighted by Gasteiger charge is 2.20. The smallest absolute Gasteiger partial charge is 0.116 e. The van der Waals surface area contributed by atoms with Crippen LogP contribution in [0.3, 0.4) is 0 Å². The lowest BCUT2D eigenvalue weighted by Gasteiger charge is -2.28. The molecule has 5 aromatic rings. The number of H-pyrrole nitrogens is 2. The first-order valence-electron chi connectivity index (χ1n) is 13.0. The molecule has 6 nitrogen and oxygen atoms in total. The summed E-state index contributed by atoms with van der Waals surface area (Å²) in [6.45, 7) is 10.3. The first kappa shape index (κ1) is 23.7. The summed E-state index contributed by atoms with van der Waals surface area (Å²) >= 11 is 0. The van der Waals surface area contributed by atoms with E-state index in [1.54, 1.807) is 6.20 Å². The molecular weight excluding hydrogens is 468 g/mol. The standard InChI is InChI=1S/C32H30N6/c1-4-21(15-24(5-2)35-20(3)22-9-8-10-22)23-12-13-29-26(16-23)32(38-37-29)30-17-25-27(18-33-19-31(25)36-30)28-11-6-7-14-34-28/h4-7,11-19,22,35-36H,2-3,8-10H2,1H3,(H,37,38)/b21-4+,24-15+. The van der Waals surface area contributed by atoms with Gasteiger partial charge in [-0.2, -0.15) is 5.10 Å². The average molecular weight is 499 g/mol. The minimum atomic E-state index is 0.557. The van der Waals surface area contributed by atoms with Gasteiger partial charge in [-0.25, -0.2) is 0 Å². The van der Waals surface area contributed by atoms with Gasteiger partial charge in [-0.15, -0.1) is 0 Å². The normalized spacial score (nSPS) is 14.6. The highest BCUT2D eigenvalue weighted by Crippen LogP contribution is 2.34. The van der Waals surface area contributed by atoms with Crippen LogP contribution in [0.4, 0.5) is 0 Å². The van der Waals surface area contributed by atoms with Crippen LogP contribution in [0.25, 0.3) is 50.0 Å². The molecule has 0 saturated heterocycles. The summed E-state index contributed by atoms with van der Waals surface area (Å²) in [7, 11) is 0. The third-order valence-corrected chi connectivity index (χ3v) is 7.38. The van der Waals surface area contributed by atoms with Crippen LogP contribution in [0, 0.1) is 5.92 Å². The van der Waals surface area contributed by atoms with E-state index < -0.39 is 0 Å². The van der Waals surface area contributed by atoms with Crippen molar-refractivity contribution in [2.24, 2.45) is 5.92 Å². The van der Waals surface area contributed by atoms with E-state index in [1.807, 2.05) is 36.7 Å². The lowest BCUT2D eigenvalue weighted by Crippen LogP contribution is -2.23. The molecule has 0 spiro atoms. The van der Waals surface area contributed by atoms with Crippen molar-refractivity contribution in [1.82, 2.24) is 30.5 Å². The molecule has 0 amide bonds. The summed E-state index contributed by atoms with van der Waals surface area (Å²) in [5, 5.41) is 13.4. The van der Waals surface area contributed by atoms with Gasteiger partial charge in [-0.05, 0) is 79.3 Å². The van der Waals surface area contributed by atoms with E-state index in [-0.39, 0.29) is 0 Å². The molecule has 0 radical (unpaired) electrons. The summed E-state index contributed by atoms with van der Waals surface area (Å²) in [4.78, 5) is 12.5. The first-order chi connectivity index (χ1) is 18.6. The Labute approximate surface area is 221 Å². The Morgan fingerprint density at radius 2 is 1.97 bits per heavy atom. The SMILES string of the molecule is C=C/C(=C\C(=C/C)c1ccc2[nH]nc(-c3cc4c(-c5ccccn5)cncc4[nH]3)c2c1)NC(=C)C1CCC1. The molecule has 0 aliphatic heterocycles. The Kier molecular flexibility index (Phi) is 6.22. The van der Waals surface area contributed by atoms with Gasteiger partial charge in [-0.3, -0.25) is 15.1 Å². The molecule has 1 saturated carbocycles. The maximum absolute atomic E-state index is 4.67. The number of nitrogens with zero attached hydrogens (tertiary/aromatic N) is 3. The Morgan fingerprint density at radius 3 is 2.71 bits per heavy atom. The van der Waals surface area contributed by atoms with E-state index in [9.17, 15) is 0 Å². The maximum Gasteiger partial charge on any atom is 0.116 e. The predicted octanol–water partition coefficient (Wildman–Crippen LogP) is 7.54. The molecule has 6 heteroatoms. The molecule has 1 aromatic carbocycles. The van der Waals surface area contributed by atoms with Crippen LogP contribution in [-0.4, -0.2) is 25.1 Å². The number of aromatic nitrogens is 5. The van der Waals surface area contributed by atoms with Crippen molar-refractivity contribution >= 4 is 27.4 Å². The Hall–Kier alpha value is -4.71. The Bertz CT molecular complexity index is 1710. The van der Waals surface area contributed by atoms with E-state index in [0.717, 1.165) is 67.0 Å². The van der Waals surface area contributed by atoms with Gasteiger partial charge in [0.15, 0.2) is 0 Å². The predicted molar refractivity (Wildman–Crippen MR) is 156 cm³/mol. The number of hydrogen-bond donors (Lipinski definition) is 3. The highest BCUT2D eigenvalue weighted by atomic mass is 15.1. The highest BCUT2D eigenvalue weighted by molar-refractivity contribution is 6.01. The molecular formula is C32H30N6. The van der Waals surface area contributed by atoms with Crippen molar-refractivity contribution in [3.63, 3.8) is 0 Å². The maximum atomic E-state index is 4.67. The molecule has 3 N–H and O–H groups in total. The molecule has 38 heavy (non-hydrogen) atoms. The number of hydrogen-bond acceptors (Lipinski definition) is 4. The summed E-state index contributed by atoms with van der Waals surface area (Å²) in [5.41, 5.74) is 9.82. The molecule has 1 fully saturated rings. The van der Waals surface area contributed by atoms with E-state index in [4.69, 9.17) is 0 Å². The minimum Gasteiger partial charge on any atom is -0.359 e. The van der Waals surface area contributed by atoms with Crippen molar-refractivity contribution < 1.29 is 0 Å². The summed E-state index contributed by atoms with van der Waals surface area (Å²) < 4.78 is 0. The van der Waals surface area contributed by atoms with Crippen molar-refractivity contribution in [3.8, 4) is 22.6 Å². The molecule has 1 aliphatic carbocycles. The molecule has 4 aromatic heterocycles. The van der Waals surface area contributed by atoms with Gasteiger partial charge in [0.2, 0.25) is 0 Å². The quantitative estimate of drug-likeness (QED) is 0.193. The van der Waals surface area contributed by atoms with Crippen LogP contribution in [0.15, 0.2) is 104 Å². The Balaban J connectivity index is 1.37. The minimum absolute atomic E-state index is 0.557. The zero-order chi connectivity index (χ0) is 26.1. The van der Waals surface area contributed by atoms with Gasteiger partial charge in [0, 0.05) is 40.1 Å². The Morgan fingerprint density at radius 1 is 1.08 bits per heavy atom. The van der Waals surface area contributed by atoms with Crippen molar-refractivity contribution in [3.05, 3.63) is 109 Å². The van der Waals surface area contributed by atoms with Crippen LogP contribution in [-0.2, 0) is 0 Å². The monoisotopic (exact) mass is 498 g/mol. The van der Waals surface area contributed by atoms with Crippen LogP contribution >= 0.6 is 0 Å². The topological polar surface area (TPSA) is 82.3 Å². The summed E-state index contributed by atoms with van der Waals surface area (Å²) in [5.74, 6) is 0.557. The fourth-order valence-corrected chi connectivity index (χ4v) is 4.99. The number of pyridine rings is 2. The zero-order valence-electron chi connectivity index (χ0n) is 21.5. The van der Waals surface area contributed by atoms with E-state index >= 15 is 0 Å². The molecule has 6 rings (SSSR count). The fourth-order valence-electron chi connectivity index (χ4n) is 4.99. The molecule has 1 aliphatic rings. The van der Waals surface area contributed by atoms with E-state index in [2.05, 4.69) is 87.0 Å². The third kappa shape index (κ3) is 4.34. The van der Waals surface area contributed by atoms with Gasteiger partial charge in [0.1, 0.15) is 5.69 Å². The lowest BCUT2D eigenvalue weighted by molar-refractivity contribution is 0.356. The van der Waals surface area contributed by atoms with Gasteiger partial charge in [0.05, 0.1) is 28.6 Å². The molecule has 0 bridgehead atoms. The van der Waals surface area contributed by atoms with Crippen LogP contribution < -0.4 is 5.32 Å². The van der Waals surface area contributed by atoms with Crippen molar-refractivity contribution in [2.45, 2.75) is 26.2 Å². The second kappa shape index (κ2) is 9.98. The van der Waals surface area contributed by atoms with Crippen LogP contribution in [0.2, 0.25) is 0 Å². The zero-order valence-corrected chi connectivity index (χ0v) is 21.5. The van der Waals surface area contributed by atoms with Crippen LogP contribution in [0.1, 0.15) is 31.7 Å². The van der Waals surface area contributed by atoms with E-state index in [0.29, 0.717) is 5.92 Å². The van der Waals surface area contributed by atoms with Gasteiger partial charge in [-0.1, -0.05) is 37.8 Å².